The zero-order valence-corrected chi connectivity index (χ0v) is 42.4. The fourth-order valence-corrected chi connectivity index (χ4v) is 10.6. The molecule has 0 radical (unpaired) electrons. The van der Waals surface area contributed by atoms with Crippen LogP contribution in [0, 0.1) is 0 Å². The van der Waals surface area contributed by atoms with Crippen molar-refractivity contribution in [3.05, 3.63) is 124 Å². The lowest BCUT2D eigenvalue weighted by Crippen LogP contribution is -2.37. The standard InChI is InChI=1S/C58H64N6O10/c1-68-21-22-72-24-23-71-20-19-62(18-10-17-56(65)61-42-13-6-7-14-42)43-26-38(36-73-54-32-48-46(30-52(54)69-2)57(66)63-44(34-59-48)28-40-11-4-8-15-50(40)63)25-39(27-43)37-74-55-33-49-47(31-53(55)70-3)58(67)64-45(35-60-49)29-41-12-5-9-16-51(41)64/h4-5,8-9,11-12,15-16,25-27,30-35,42,44-45H,6-7,10,13-14,17-24,28-29,36-37H2,1-3H3,(H,61,65)/t44-,45-/m0/s1. The van der Waals surface area contributed by atoms with Crippen molar-refractivity contribution < 1.29 is 47.5 Å². The number of rotatable bonds is 23. The highest BCUT2D eigenvalue weighted by Crippen LogP contribution is 2.43. The molecule has 16 nitrogen and oxygen atoms in total. The summed E-state index contributed by atoms with van der Waals surface area (Å²) in [5.41, 5.74) is 8.38. The SMILES string of the molecule is COCCOCCOCCN(CCCC(=O)NC1CCCC1)c1cc(COc2cc3c(cc2OC)C(=O)N2c4ccccc4C[C@H]2C=N3)cc(COc2cc3c(cc2OC)C(=O)N2c4ccccc4C[C@H]2C=N3)c1. The molecule has 10 rings (SSSR count). The lowest BCUT2D eigenvalue weighted by Gasteiger charge is -2.26. The average Bonchev–Trinajstić information content (AvgIpc) is 4.14. The van der Waals surface area contributed by atoms with Crippen LogP contribution < -0.4 is 39.0 Å². The van der Waals surface area contributed by atoms with Gasteiger partial charge in [0.05, 0.1) is 81.8 Å². The smallest absolute Gasteiger partial charge is 0.261 e. The third kappa shape index (κ3) is 11.1. The predicted octanol–water partition coefficient (Wildman–Crippen LogP) is 8.76. The number of methoxy groups -OCH3 is 3. The number of hydrogen-bond acceptors (Lipinski definition) is 13. The summed E-state index contributed by atoms with van der Waals surface area (Å²) >= 11 is 0. The van der Waals surface area contributed by atoms with Crippen molar-refractivity contribution >= 4 is 58.6 Å². The monoisotopic (exact) mass is 1000 g/mol. The first kappa shape index (κ1) is 50.3. The van der Waals surface area contributed by atoms with Crippen molar-refractivity contribution in [2.45, 2.75) is 82.7 Å². The molecule has 0 unspecified atom stereocenters. The van der Waals surface area contributed by atoms with Crippen molar-refractivity contribution in [2.24, 2.45) is 9.98 Å². The fraction of sp³-hybridized carbons (Fsp3) is 0.397. The van der Waals surface area contributed by atoms with E-state index >= 15 is 0 Å². The molecule has 0 bridgehead atoms. The molecule has 0 saturated heterocycles. The Morgan fingerprint density at radius 3 is 1.70 bits per heavy atom. The van der Waals surface area contributed by atoms with Gasteiger partial charge < -0.3 is 43.4 Å². The van der Waals surface area contributed by atoms with Gasteiger partial charge in [-0.15, -0.1) is 0 Å². The van der Waals surface area contributed by atoms with Gasteiger partial charge in [0.25, 0.3) is 11.8 Å². The summed E-state index contributed by atoms with van der Waals surface area (Å²) in [5.74, 6) is 1.44. The van der Waals surface area contributed by atoms with Crippen LogP contribution in [0.25, 0.3) is 0 Å². The number of carbonyl (C=O) groups excluding carboxylic acids is 3. The van der Waals surface area contributed by atoms with Crippen molar-refractivity contribution in [1.82, 2.24) is 5.32 Å². The van der Waals surface area contributed by atoms with Crippen LogP contribution in [0.4, 0.5) is 28.4 Å². The second-order valence-corrected chi connectivity index (χ2v) is 19.2. The minimum Gasteiger partial charge on any atom is -0.493 e. The normalized spacial score (nSPS) is 17.2. The Hall–Kier alpha value is -7.27. The number of carbonyl (C=O) groups is 3. The van der Waals surface area contributed by atoms with Crippen molar-refractivity contribution in [2.75, 3.05) is 82.2 Å². The van der Waals surface area contributed by atoms with Gasteiger partial charge in [-0.1, -0.05) is 49.2 Å². The molecule has 4 aliphatic heterocycles. The molecule has 16 heteroatoms. The highest BCUT2D eigenvalue weighted by atomic mass is 16.5. The number of para-hydroxylation sites is 2. The lowest BCUT2D eigenvalue weighted by molar-refractivity contribution is -0.121. The molecular formula is C58H64N6O10. The largest absolute Gasteiger partial charge is 0.493 e. The first-order valence-corrected chi connectivity index (χ1v) is 25.7. The van der Waals surface area contributed by atoms with E-state index in [0.29, 0.717) is 117 Å². The first-order chi connectivity index (χ1) is 36.3. The second-order valence-electron chi connectivity index (χ2n) is 19.2. The number of fused-ring (bicyclic) bond motifs is 8. The number of hydrogen-bond donors (Lipinski definition) is 1. The van der Waals surface area contributed by atoms with Gasteiger partial charge >= 0.3 is 0 Å². The molecule has 3 amide bonds. The molecule has 5 aromatic carbocycles. The second kappa shape index (κ2) is 23.3. The summed E-state index contributed by atoms with van der Waals surface area (Å²) in [6.07, 6.45) is 10.4. The Balaban J connectivity index is 0.923. The minimum absolute atomic E-state index is 0.0643. The lowest BCUT2D eigenvalue weighted by atomic mass is 10.1. The summed E-state index contributed by atoms with van der Waals surface area (Å²) in [6.45, 7) is 3.65. The topological polar surface area (TPSA) is 162 Å². The summed E-state index contributed by atoms with van der Waals surface area (Å²) in [5, 5.41) is 3.23. The minimum atomic E-state index is -0.202. The van der Waals surface area contributed by atoms with E-state index in [9.17, 15) is 14.4 Å². The molecule has 74 heavy (non-hydrogen) atoms. The molecule has 1 fully saturated rings. The van der Waals surface area contributed by atoms with E-state index in [0.717, 1.165) is 65.0 Å². The van der Waals surface area contributed by atoms with Gasteiger partial charge in [-0.05, 0) is 84.0 Å². The van der Waals surface area contributed by atoms with E-state index in [-0.39, 0.29) is 49.1 Å². The van der Waals surface area contributed by atoms with Gasteiger partial charge in [0.15, 0.2) is 23.0 Å². The first-order valence-electron chi connectivity index (χ1n) is 25.7. The van der Waals surface area contributed by atoms with E-state index in [1.54, 1.807) is 45.6 Å². The van der Waals surface area contributed by atoms with Crippen LogP contribution >= 0.6 is 0 Å². The number of nitrogens with zero attached hydrogens (tertiary/aromatic N) is 5. The fourth-order valence-electron chi connectivity index (χ4n) is 10.6. The number of benzene rings is 5. The van der Waals surface area contributed by atoms with Gasteiger partial charge in [-0.2, -0.15) is 0 Å². The van der Waals surface area contributed by atoms with E-state index in [1.807, 2.05) is 76.8 Å². The molecule has 4 heterocycles. The number of amides is 3. The zero-order chi connectivity index (χ0) is 51.0. The number of anilines is 3. The molecule has 1 aliphatic carbocycles. The molecule has 0 spiro atoms. The van der Waals surface area contributed by atoms with E-state index in [1.165, 1.54) is 0 Å². The van der Waals surface area contributed by atoms with E-state index in [2.05, 4.69) is 22.3 Å². The van der Waals surface area contributed by atoms with Crippen LogP contribution in [0.1, 0.15) is 81.5 Å². The van der Waals surface area contributed by atoms with Crippen LogP contribution in [0.15, 0.2) is 101 Å². The number of aliphatic imine (C=N–C) groups is 2. The summed E-state index contributed by atoms with van der Waals surface area (Å²) < 4.78 is 41.8. The van der Waals surface area contributed by atoms with Gasteiger partial charge in [0.2, 0.25) is 5.91 Å². The summed E-state index contributed by atoms with van der Waals surface area (Å²) in [6, 6.07) is 28.9. The quantitative estimate of drug-likeness (QED) is 0.0623. The third-order valence-corrected chi connectivity index (χ3v) is 14.3. The third-order valence-electron chi connectivity index (χ3n) is 14.3. The Labute approximate surface area is 432 Å². The van der Waals surface area contributed by atoms with Crippen molar-refractivity contribution in [3.8, 4) is 23.0 Å². The molecule has 0 aromatic heterocycles. The maximum atomic E-state index is 14.2. The number of nitrogens with one attached hydrogen (secondary N) is 1. The van der Waals surface area contributed by atoms with Gasteiger partial charge in [0, 0.05) is 87.1 Å². The summed E-state index contributed by atoms with van der Waals surface area (Å²) in [7, 11) is 4.76. The molecule has 386 valence electrons. The van der Waals surface area contributed by atoms with Crippen molar-refractivity contribution in [1.29, 1.82) is 0 Å². The maximum Gasteiger partial charge on any atom is 0.261 e. The van der Waals surface area contributed by atoms with E-state index in [4.69, 9.17) is 43.1 Å². The predicted molar refractivity (Wildman–Crippen MR) is 284 cm³/mol. The van der Waals surface area contributed by atoms with Crippen molar-refractivity contribution in [3.63, 3.8) is 0 Å². The van der Waals surface area contributed by atoms with Gasteiger partial charge in [0.1, 0.15) is 13.2 Å². The Kier molecular flexibility index (Phi) is 15.8. The van der Waals surface area contributed by atoms with Crippen LogP contribution in [0.5, 0.6) is 23.0 Å². The molecular weight excluding hydrogens is 941 g/mol. The Morgan fingerprint density at radius 2 is 1.16 bits per heavy atom. The number of ether oxygens (including phenoxy) is 7. The highest BCUT2D eigenvalue weighted by molar-refractivity contribution is 6.16. The van der Waals surface area contributed by atoms with Crippen LogP contribution in [0.2, 0.25) is 0 Å². The zero-order valence-electron chi connectivity index (χ0n) is 42.4. The molecule has 5 aliphatic rings. The maximum absolute atomic E-state index is 14.2. The molecule has 2 atom stereocenters. The van der Waals surface area contributed by atoms with Crippen LogP contribution in [-0.4, -0.2) is 116 Å². The highest BCUT2D eigenvalue weighted by Gasteiger charge is 2.38. The molecule has 5 aromatic rings. The van der Waals surface area contributed by atoms with E-state index < -0.39 is 0 Å². The van der Waals surface area contributed by atoms with Crippen LogP contribution in [-0.2, 0) is 45.1 Å². The van der Waals surface area contributed by atoms with Gasteiger partial charge in [-0.3, -0.25) is 34.2 Å². The molecule has 1 saturated carbocycles. The average molecular weight is 1010 g/mol. The van der Waals surface area contributed by atoms with Crippen LogP contribution in [0.3, 0.4) is 0 Å². The molecule has 1 N–H and O–H groups in total. The Bertz CT molecular complexity index is 2760. The Morgan fingerprint density at radius 1 is 0.635 bits per heavy atom. The summed E-state index contributed by atoms with van der Waals surface area (Å²) in [4.78, 5) is 57.0. The van der Waals surface area contributed by atoms with Gasteiger partial charge in [-0.25, -0.2) is 0 Å².